The number of halogens is 3. The fourth-order valence-corrected chi connectivity index (χ4v) is 5.92. The molecule has 42 heavy (non-hydrogen) atoms. The zero-order valence-corrected chi connectivity index (χ0v) is 23.1. The molecule has 1 unspecified atom stereocenters. The number of anilines is 1. The van der Waals surface area contributed by atoms with Crippen molar-refractivity contribution in [2.75, 3.05) is 18.0 Å². The summed E-state index contributed by atoms with van der Waals surface area (Å²) in [5.41, 5.74) is 2.30. The monoisotopic (exact) mass is 574 g/mol. The summed E-state index contributed by atoms with van der Waals surface area (Å²) in [6, 6.07) is 18.2. The number of rotatable bonds is 8. The van der Waals surface area contributed by atoms with Gasteiger partial charge >= 0.3 is 6.18 Å². The van der Waals surface area contributed by atoms with E-state index in [1.165, 1.54) is 0 Å². The van der Waals surface area contributed by atoms with Crippen LogP contribution in [0.15, 0.2) is 84.5 Å². The van der Waals surface area contributed by atoms with Crippen LogP contribution in [-0.4, -0.2) is 40.9 Å². The lowest BCUT2D eigenvalue weighted by atomic mass is 9.80. The lowest BCUT2D eigenvalue weighted by Gasteiger charge is -2.38. The molecule has 2 fully saturated rings. The molecule has 1 saturated carbocycles. The Morgan fingerprint density at radius 1 is 0.929 bits per heavy atom. The molecule has 0 bridgehead atoms. The van der Waals surface area contributed by atoms with Gasteiger partial charge in [-0.3, -0.25) is 4.79 Å². The number of allylic oxidation sites excluding steroid dienone is 1. The highest BCUT2D eigenvalue weighted by atomic mass is 19.4. The number of hydrogen-bond acceptors (Lipinski definition) is 6. The van der Waals surface area contributed by atoms with Crippen molar-refractivity contribution < 1.29 is 18.0 Å². The summed E-state index contributed by atoms with van der Waals surface area (Å²) in [4.78, 5) is 23.7. The summed E-state index contributed by atoms with van der Waals surface area (Å²) in [7, 11) is 0. The molecule has 0 spiro atoms. The van der Waals surface area contributed by atoms with Crippen LogP contribution in [0.4, 0.5) is 18.9 Å². The fourth-order valence-electron chi connectivity index (χ4n) is 5.92. The molecule has 1 aromatic heterocycles. The van der Waals surface area contributed by atoms with Crippen molar-refractivity contribution >= 4 is 17.3 Å². The number of benzene rings is 2. The van der Waals surface area contributed by atoms with Crippen LogP contribution in [0.1, 0.15) is 61.0 Å². The quantitative estimate of drug-likeness (QED) is 0.292. The Balaban J connectivity index is 1.28. The molecule has 3 aromatic rings. The molecule has 3 heterocycles. The van der Waals surface area contributed by atoms with E-state index >= 15 is 0 Å². The van der Waals surface area contributed by atoms with Crippen LogP contribution in [0.2, 0.25) is 0 Å². The van der Waals surface area contributed by atoms with Crippen molar-refractivity contribution in [3.05, 3.63) is 101 Å². The predicted octanol–water partition coefficient (Wildman–Crippen LogP) is 5.88. The first-order valence-electron chi connectivity index (χ1n) is 14.4. The number of amides is 1. The molecule has 1 saturated heterocycles. The number of alkyl halides is 3. The molecular weight excluding hydrogens is 541 g/mol. The van der Waals surface area contributed by atoms with Gasteiger partial charge in [-0.05, 0) is 36.8 Å². The van der Waals surface area contributed by atoms with Gasteiger partial charge in [-0.25, -0.2) is 9.97 Å². The van der Waals surface area contributed by atoms with Crippen LogP contribution in [0, 0.1) is 17.2 Å². The highest BCUT2D eigenvalue weighted by molar-refractivity contribution is 6.03. The number of carbonyl (C=O) groups excluding carboxylic acids is 1. The number of hydrogen-bond donors (Lipinski definition) is 3. The first kappa shape index (κ1) is 27.9. The maximum atomic E-state index is 14.5. The predicted molar refractivity (Wildman–Crippen MR) is 154 cm³/mol. The van der Waals surface area contributed by atoms with E-state index in [4.69, 9.17) is 5.41 Å². The summed E-state index contributed by atoms with van der Waals surface area (Å²) < 4.78 is 43.4. The Hall–Kier alpha value is -4.21. The van der Waals surface area contributed by atoms with E-state index in [0.29, 0.717) is 31.8 Å². The molecule has 6 rings (SSSR count). The maximum absolute atomic E-state index is 14.5. The Bertz CT molecular complexity index is 1410. The van der Waals surface area contributed by atoms with Gasteiger partial charge in [0.2, 0.25) is 5.91 Å². The average Bonchev–Trinajstić information content (AvgIpc) is 3.86. The SMILES string of the molecule is N=C(C1=C(NC(c2ccccc2)c2ccccc2)NC(=O)CC1C(F)(F)F)C1CCN(c2cnc(C3CC3)nc2)CC1. The van der Waals surface area contributed by atoms with Crippen LogP contribution in [0.25, 0.3) is 0 Å². The highest BCUT2D eigenvalue weighted by Crippen LogP contribution is 2.41. The van der Waals surface area contributed by atoms with Gasteiger partial charge < -0.3 is 20.9 Å². The molecule has 7 nitrogen and oxygen atoms in total. The Morgan fingerprint density at radius 2 is 1.50 bits per heavy atom. The number of piperidine rings is 1. The van der Waals surface area contributed by atoms with Gasteiger partial charge in [0.1, 0.15) is 11.6 Å². The van der Waals surface area contributed by atoms with Crippen molar-refractivity contribution in [2.24, 2.45) is 11.8 Å². The lowest BCUT2D eigenvalue weighted by Crippen LogP contribution is -2.48. The minimum atomic E-state index is -4.68. The first-order chi connectivity index (χ1) is 20.3. The van der Waals surface area contributed by atoms with E-state index in [0.717, 1.165) is 35.5 Å². The zero-order chi connectivity index (χ0) is 29.3. The minimum Gasteiger partial charge on any atom is -0.369 e. The van der Waals surface area contributed by atoms with E-state index in [2.05, 4.69) is 25.5 Å². The summed E-state index contributed by atoms with van der Waals surface area (Å²) in [5, 5.41) is 15.0. The third kappa shape index (κ3) is 6.03. The molecule has 0 radical (unpaired) electrons. The average molecular weight is 575 g/mol. The molecule has 2 aromatic carbocycles. The van der Waals surface area contributed by atoms with E-state index in [1.54, 1.807) is 0 Å². The van der Waals surface area contributed by atoms with Crippen LogP contribution in [0.3, 0.4) is 0 Å². The molecule has 218 valence electrons. The van der Waals surface area contributed by atoms with Gasteiger partial charge in [0.05, 0.1) is 30.0 Å². The van der Waals surface area contributed by atoms with Gasteiger partial charge in [0, 0.05) is 42.6 Å². The molecule has 2 aliphatic heterocycles. The summed E-state index contributed by atoms with van der Waals surface area (Å²) >= 11 is 0. The topological polar surface area (TPSA) is 94.0 Å². The van der Waals surface area contributed by atoms with Crippen molar-refractivity contribution in [3.8, 4) is 0 Å². The Labute approximate surface area is 242 Å². The molecule has 1 atom stereocenters. The normalized spacial score (nSPS) is 20.0. The summed E-state index contributed by atoms with van der Waals surface area (Å²) in [5.74, 6) is -1.88. The van der Waals surface area contributed by atoms with E-state index in [9.17, 15) is 18.0 Å². The number of nitrogens with zero attached hydrogens (tertiary/aromatic N) is 3. The smallest absolute Gasteiger partial charge is 0.369 e. The minimum absolute atomic E-state index is 0.0391. The van der Waals surface area contributed by atoms with Crippen molar-refractivity contribution in [1.82, 2.24) is 20.6 Å². The van der Waals surface area contributed by atoms with Crippen molar-refractivity contribution in [2.45, 2.75) is 50.2 Å². The number of nitrogens with one attached hydrogen (secondary N) is 3. The van der Waals surface area contributed by atoms with E-state index < -0.39 is 30.5 Å². The largest absolute Gasteiger partial charge is 0.396 e. The molecule has 1 amide bonds. The summed E-state index contributed by atoms with van der Waals surface area (Å²) in [6.07, 6.45) is 1.49. The lowest BCUT2D eigenvalue weighted by molar-refractivity contribution is -0.169. The van der Waals surface area contributed by atoms with Gasteiger partial charge in [0.25, 0.3) is 0 Å². The van der Waals surface area contributed by atoms with Crippen LogP contribution >= 0.6 is 0 Å². The molecule has 3 N–H and O–H groups in total. The van der Waals surface area contributed by atoms with Crippen molar-refractivity contribution in [1.29, 1.82) is 5.41 Å². The maximum Gasteiger partial charge on any atom is 0.396 e. The Morgan fingerprint density at radius 3 is 2.02 bits per heavy atom. The van der Waals surface area contributed by atoms with Gasteiger partial charge in [0.15, 0.2) is 0 Å². The Kier molecular flexibility index (Phi) is 7.70. The van der Waals surface area contributed by atoms with Crippen molar-refractivity contribution in [3.63, 3.8) is 0 Å². The van der Waals surface area contributed by atoms with E-state index in [1.807, 2.05) is 73.1 Å². The fraction of sp³-hybridized carbons (Fsp3) is 0.375. The standard InChI is InChI=1S/C32H33F3N6O/c33-32(34,35)25-17-26(42)39-31(40-29(21-7-3-1-4-8-21)22-9-5-2-6-10-22)27(25)28(36)20-13-15-41(16-14-20)24-18-37-30(38-19-24)23-11-12-23/h1-10,18-20,23,25,29,36,40H,11-17H2,(H,39,42). The second kappa shape index (κ2) is 11.6. The second-order valence-corrected chi connectivity index (χ2v) is 11.3. The molecular formula is C32H33F3N6O. The van der Waals surface area contributed by atoms with E-state index in [-0.39, 0.29) is 23.0 Å². The zero-order valence-electron chi connectivity index (χ0n) is 23.1. The highest BCUT2D eigenvalue weighted by Gasteiger charge is 2.49. The molecule has 1 aliphatic carbocycles. The summed E-state index contributed by atoms with van der Waals surface area (Å²) in [6.45, 7) is 1.16. The second-order valence-electron chi connectivity index (χ2n) is 11.3. The van der Waals surface area contributed by atoms with Crippen LogP contribution in [0.5, 0.6) is 0 Å². The third-order valence-corrected chi connectivity index (χ3v) is 8.38. The molecule has 3 aliphatic rings. The molecule has 10 heteroatoms. The van der Waals surface area contributed by atoms with Gasteiger partial charge in [-0.2, -0.15) is 13.2 Å². The van der Waals surface area contributed by atoms with Gasteiger partial charge in [-0.1, -0.05) is 60.7 Å². The first-order valence-corrected chi connectivity index (χ1v) is 14.4. The number of carbonyl (C=O) groups is 1. The van der Waals surface area contributed by atoms with Gasteiger partial charge in [-0.15, -0.1) is 0 Å². The third-order valence-electron chi connectivity index (χ3n) is 8.38. The van der Waals surface area contributed by atoms with Crippen LogP contribution in [-0.2, 0) is 4.79 Å². The van der Waals surface area contributed by atoms with Crippen LogP contribution < -0.4 is 15.5 Å². The number of aromatic nitrogens is 2.